The quantitative estimate of drug-likeness (QED) is 0.602. The lowest BCUT2D eigenvalue weighted by Crippen LogP contribution is -2.40. The molecule has 30 heavy (non-hydrogen) atoms. The van der Waals surface area contributed by atoms with E-state index in [2.05, 4.69) is 20.4 Å². The van der Waals surface area contributed by atoms with Crippen LogP contribution < -0.4 is 5.32 Å². The zero-order chi connectivity index (χ0) is 20.9. The number of benzene rings is 2. The molecule has 1 aliphatic rings. The lowest BCUT2D eigenvalue weighted by Gasteiger charge is -2.31. The summed E-state index contributed by atoms with van der Waals surface area (Å²) >= 11 is 12.5. The van der Waals surface area contributed by atoms with Crippen molar-refractivity contribution in [2.45, 2.75) is 25.9 Å². The summed E-state index contributed by atoms with van der Waals surface area (Å²) in [6.07, 6.45) is 1.57. The van der Waals surface area contributed by atoms with Crippen molar-refractivity contribution in [1.29, 1.82) is 0 Å². The zero-order valence-corrected chi connectivity index (χ0v) is 17.9. The van der Waals surface area contributed by atoms with E-state index in [1.54, 1.807) is 0 Å². The minimum Gasteiger partial charge on any atom is -0.347 e. The summed E-state index contributed by atoms with van der Waals surface area (Å²) in [5.74, 6) is 0.906. The van der Waals surface area contributed by atoms with Crippen LogP contribution in [0.25, 0.3) is 11.4 Å². The molecular weight excluding hydrogens is 423 g/mol. The van der Waals surface area contributed by atoms with Gasteiger partial charge in [-0.05, 0) is 38.1 Å². The van der Waals surface area contributed by atoms with Crippen molar-refractivity contribution in [3.8, 4) is 11.4 Å². The Morgan fingerprint density at radius 1 is 1.07 bits per heavy atom. The van der Waals surface area contributed by atoms with Crippen LogP contribution in [0.15, 0.2) is 53.1 Å². The van der Waals surface area contributed by atoms with Crippen molar-refractivity contribution in [3.05, 3.63) is 70.0 Å². The van der Waals surface area contributed by atoms with Gasteiger partial charge >= 0.3 is 0 Å². The lowest BCUT2D eigenvalue weighted by atomic mass is 9.95. The lowest BCUT2D eigenvalue weighted by molar-refractivity contribution is -0.126. The van der Waals surface area contributed by atoms with Crippen molar-refractivity contribution in [2.75, 3.05) is 13.1 Å². The topological polar surface area (TPSA) is 71.3 Å². The highest BCUT2D eigenvalue weighted by Gasteiger charge is 2.26. The highest BCUT2D eigenvalue weighted by molar-refractivity contribution is 6.35. The fourth-order valence-electron chi connectivity index (χ4n) is 3.60. The van der Waals surface area contributed by atoms with Crippen molar-refractivity contribution >= 4 is 29.1 Å². The second-order valence-electron chi connectivity index (χ2n) is 7.35. The Bertz CT molecular complexity index is 981. The smallest absolute Gasteiger partial charge is 0.246 e. The monoisotopic (exact) mass is 444 g/mol. The molecule has 1 aromatic heterocycles. The summed E-state index contributed by atoms with van der Waals surface area (Å²) in [6.45, 7) is 2.56. The molecule has 156 valence electrons. The van der Waals surface area contributed by atoms with E-state index < -0.39 is 0 Å². The minimum absolute atomic E-state index is 0.0184. The van der Waals surface area contributed by atoms with Gasteiger partial charge in [0.1, 0.15) is 0 Å². The average molecular weight is 445 g/mol. The first-order chi connectivity index (χ1) is 14.6. The van der Waals surface area contributed by atoms with E-state index in [4.69, 9.17) is 27.7 Å². The maximum atomic E-state index is 12.6. The number of carbonyl (C=O) groups excluding carboxylic acids is 1. The van der Waals surface area contributed by atoms with Crippen molar-refractivity contribution in [2.24, 2.45) is 5.92 Å². The summed E-state index contributed by atoms with van der Waals surface area (Å²) in [5, 5.41) is 8.25. The number of hydrogen-bond donors (Lipinski definition) is 1. The number of piperidine rings is 1. The van der Waals surface area contributed by atoms with E-state index in [9.17, 15) is 4.79 Å². The number of carbonyl (C=O) groups is 1. The number of nitrogens with zero attached hydrogens (tertiary/aromatic N) is 3. The predicted octanol–water partition coefficient (Wildman–Crippen LogP) is 4.57. The van der Waals surface area contributed by atoms with E-state index >= 15 is 0 Å². The van der Waals surface area contributed by atoms with Gasteiger partial charge in [0.25, 0.3) is 0 Å². The highest BCUT2D eigenvalue weighted by Crippen LogP contribution is 2.27. The Morgan fingerprint density at radius 3 is 2.47 bits per heavy atom. The van der Waals surface area contributed by atoms with Gasteiger partial charge in [0.15, 0.2) is 0 Å². The second kappa shape index (κ2) is 9.60. The van der Waals surface area contributed by atoms with E-state index in [1.807, 2.05) is 48.5 Å². The average Bonchev–Trinajstić information content (AvgIpc) is 3.25. The first-order valence-electron chi connectivity index (χ1n) is 9.91. The molecule has 0 spiro atoms. The molecule has 2 aromatic carbocycles. The molecule has 0 aliphatic carbocycles. The molecule has 8 heteroatoms. The first-order valence-corrected chi connectivity index (χ1v) is 10.7. The largest absolute Gasteiger partial charge is 0.347 e. The minimum atomic E-state index is -0.0283. The molecule has 2 heterocycles. The number of halogens is 2. The third-order valence-electron chi connectivity index (χ3n) is 5.32. The first kappa shape index (κ1) is 20.8. The molecule has 0 radical (unpaired) electrons. The summed E-state index contributed by atoms with van der Waals surface area (Å²) in [5.41, 5.74) is 1.82. The van der Waals surface area contributed by atoms with E-state index in [0.29, 0.717) is 28.3 Å². The third-order valence-corrected chi connectivity index (χ3v) is 6.02. The number of amides is 1. The SMILES string of the molecule is O=C(NCc1nc(-c2ccccc2)no1)C1CCN(Cc2c(Cl)cccc2Cl)CC1. The van der Waals surface area contributed by atoms with E-state index in [-0.39, 0.29) is 18.4 Å². The van der Waals surface area contributed by atoms with Gasteiger partial charge in [-0.25, -0.2) is 0 Å². The van der Waals surface area contributed by atoms with Gasteiger partial charge in [0.05, 0.1) is 6.54 Å². The van der Waals surface area contributed by atoms with Crippen LogP contribution >= 0.6 is 23.2 Å². The van der Waals surface area contributed by atoms with Crippen LogP contribution in [-0.4, -0.2) is 34.0 Å². The Morgan fingerprint density at radius 2 is 1.77 bits per heavy atom. The summed E-state index contributed by atoms with van der Waals surface area (Å²) in [6, 6.07) is 15.1. The van der Waals surface area contributed by atoms with Gasteiger partial charge < -0.3 is 9.84 Å². The fraction of sp³-hybridized carbons (Fsp3) is 0.318. The van der Waals surface area contributed by atoms with Gasteiger partial charge in [0, 0.05) is 33.6 Å². The number of rotatable bonds is 6. The van der Waals surface area contributed by atoms with Gasteiger partial charge in [0.2, 0.25) is 17.6 Å². The van der Waals surface area contributed by atoms with Crippen LogP contribution in [0.5, 0.6) is 0 Å². The maximum absolute atomic E-state index is 12.6. The fourth-order valence-corrected chi connectivity index (χ4v) is 4.12. The standard InChI is InChI=1S/C22H22Cl2N4O2/c23-18-7-4-8-19(24)17(18)14-28-11-9-16(10-12-28)22(29)25-13-20-26-21(27-30-20)15-5-2-1-3-6-15/h1-8,16H,9-14H2,(H,25,29). The van der Waals surface area contributed by atoms with Crippen molar-refractivity contribution in [3.63, 3.8) is 0 Å². The summed E-state index contributed by atoms with van der Waals surface area (Å²) in [4.78, 5) is 19.2. The van der Waals surface area contributed by atoms with Crippen LogP contribution in [0.2, 0.25) is 10.0 Å². The number of nitrogens with one attached hydrogen (secondary N) is 1. The molecule has 1 N–H and O–H groups in total. The van der Waals surface area contributed by atoms with Crippen LogP contribution in [0.1, 0.15) is 24.3 Å². The normalized spacial score (nSPS) is 15.3. The highest BCUT2D eigenvalue weighted by atomic mass is 35.5. The van der Waals surface area contributed by atoms with Gasteiger partial charge in [-0.2, -0.15) is 4.98 Å². The molecule has 0 saturated carbocycles. The van der Waals surface area contributed by atoms with Crippen molar-refractivity contribution in [1.82, 2.24) is 20.4 Å². The van der Waals surface area contributed by atoms with Gasteiger partial charge in [-0.3, -0.25) is 9.69 Å². The molecular formula is C22H22Cl2N4O2. The maximum Gasteiger partial charge on any atom is 0.246 e. The summed E-state index contributed by atoms with van der Waals surface area (Å²) < 4.78 is 5.25. The molecule has 1 fully saturated rings. The molecule has 0 unspecified atom stereocenters. The molecule has 0 atom stereocenters. The van der Waals surface area contributed by atoms with E-state index in [1.165, 1.54) is 0 Å². The van der Waals surface area contributed by atoms with Crippen molar-refractivity contribution < 1.29 is 9.32 Å². The number of aromatic nitrogens is 2. The van der Waals surface area contributed by atoms with Crippen LogP contribution in [-0.2, 0) is 17.9 Å². The zero-order valence-electron chi connectivity index (χ0n) is 16.4. The molecule has 1 aliphatic heterocycles. The molecule has 6 nitrogen and oxygen atoms in total. The third kappa shape index (κ3) is 5.01. The Kier molecular flexibility index (Phi) is 6.67. The van der Waals surface area contributed by atoms with Crippen LogP contribution in [0.4, 0.5) is 0 Å². The number of likely N-dealkylation sites (tertiary alicyclic amines) is 1. The predicted molar refractivity (Wildman–Crippen MR) is 116 cm³/mol. The molecule has 0 bridgehead atoms. The summed E-state index contributed by atoms with van der Waals surface area (Å²) in [7, 11) is 0. The Hall–Kier alpha value is -2.41. The Balaban J connectivity index is 1.25. The van der Waals surface area contributed by atoms with Crippen LogP contribution in [0, 0.1) is 5.92 Å². The molecule has 1 saturated heterocycles. The molecule has 4 rings (SSSR count). The second-order valence-corrected chi connectivity index (χ2v) is 8.16. The number of hydrogen-bond acceptors (Lipinski definition) is 5. The van der Waals surface area contributed by atoms with Crippen LogP contribution in [0.3, 0.4) is 0 Å². The molecule has 3 aromatic rings. The van der Waals surface area contributed by atoms with Gasteiger partial charge in [-0.15, -0.1) is 0 Å². The van der Waals surface area contributed by atoms with Gasteiger partial charge in [-0.1, -0.05) is 64.8 Å². The molecule has 1 amide bonds. The Labute approximate surface area is 185 Å². The van der Waals surface area contributed by atoms with E-state index in [0.717, 1.165) is 37.1 Å².